The predicted molar refractivity (Wildman–Crippen MR) is 130 cm³/mol. The monoisotopic (exact) mass is 445 g/mol. The van der Waals surface area contributed by atoms with E-state index in [1.807, 2.05) is 37.3 Å². The third-order valence-corrected chi connectivity index (χ3v) is 6.47. The van der Waals surface area contributed by atoms with Crippen molar-refractivity contribution in [1.29, 1.82) is 0 Å². The van der Waals surface area contributed by atoms with Crippen LogP contribution in [0, 0.1) is 0 Å². The van der Waals surface area contributed by atoms with Gasteiger partial charge in [-0.1, -0.05) is 71.9 Å². The second kappa shape index (κ2) is 9.67. The summed E-state index contributed by atoms with van der Waals surface area (Å²) in [7, 11) is 3.21. The molecule has 4 rings (SSSR count). The number of methoxy groups -OCH3 is 2. The highest BCUT2D eigenvalue weighted by Crippen LogP contribution is 2.56. The van der Waals surface area contributed by atoms with E-state index in [0.29, 0.717) is 36.3 Å². The number of benzene rings is 3. The van der Waals surface area contributed by atoms with E-state index >= 15 is 0 Å². The molecule has 5 nitrogen and oxygen atoms in total. The average molecular weight is 446 g/mol. The molecule has 3 aromatic carbocycles. The lowest BCUT2D eigenvalue weighted by molar-refractivity contribution is -0.111. The SMILES string of the molecule is COc1cccc(OC)c1/C=N/O[C@H](C)CC1(O)CC(c2ccccc2)(c2ccccc2)C1. The molecule has 0 heterocycles. The lowest BCUT2D eigenvalue weighted by atomic mass is 9.52. The zero-order chi connectivity index (χ0) is 23.3. The van der Waals surface area contributed by atoms with Crippen LogP contribution in [0.5, 0.6) is 11.5 Å². The van der Waals surface area contributed by atoms with Gasteiger partial charge in [-0.05, 0) is 43.0 Å². The highest BCUT2D eigenvalue weighted by atomic mass is 16.6. The van der Waals surface area contributed by atoms with Gasteiger partial charge < -0.3 is 19.4 Å². The molecule has 1 aliphatic carbocycles. The fourth-order valence-electron chi connectivity index (χ4n) is 5.07. The van der Waals surface area contributed by atoms with E-state index in [-0.39, 0.29) is 11.5 Å². The fourth-order valence-corrected chi connectivity index (χ4v) is 5.07. The van der Waals surface area contributed by atoms with Crippen molar-refractivity contribution < 1.29 is 19.4 Å². The topological polar surface area (TPSA) is 60.3 Å². The Morgan fingerprint density at radius 1 is 0.848 bits per heavy atom. The zero-order valence-electron chi connectivity index (χ0n) is 19.4. The van der Waals surface area contributed by atoms with Crippen molar-refractivity contribution in [3.8, 4) is 11.5 Å². The van der Waals surface area contributed by atoms with E-state index in [0.717, 1.165) is 0 Å². The molecule has 0 radical (unpaired) electrons. The molecule has 1 aliphatic rings. The Hall–Kier alpha value is -3.31. The van der Waals surface area contributed by atoms with Gasteiger partial charge in [0, 0.05) is 11.8 Å². The number of aliphatic hydroxyl groups is 1. The first-order valence-electron chi connectivity index (χ1n) is 11.2. The van der Waals surface area contributed by atoms with Gasteiger partial charge in [-0.2, -0.15) is 0 Å². The van der Waals surface area contributed by atoms with Crippen molar-refractivity contribution in [1.82, 2.24) is 0 Å². The van der Waals surface area contributed by atoms with E-state index in [1.54, 1.807) is 20.4 Å². The van der Waals surface area contributed by atoms with Crippen LogP contribution < -0.4 is 9.47 Å². The van der Waals surface area contributed by atoms with E-state index in [9.17, 15) is 5.11 Å². The maximum absolute atomic E-state index is 11.3. The summed E-state index contributed by atoms with van der Waals surface area (Å²) >= 11 is 0. The summed E-state index contributed by atoms with van der Waals surface area (Å²) in [5.41, 5.74) is 2.17. The Morgan fingerprint density at radius 3 is 1.85 bits per heavy atom. The second-order valence-electron chi connectivity index (χ2n) is 8.82. The number of nitrogens with zero attached hydrogens (tertiary/aromatic N) is 1. The molecule has 0 aliphatic heterocycles. The van der Waals surface area contributed by atoms with Crippen molar-refractivity contribution >= 4 is 6.21 Å². The van der Waals surface area contributed by atoms with Crippen molar-refractivity contribution in [3.05, 3.63) is 95.6 Å². The van der Waals surface area contributed by atoms with Crippen LogP contribution in [0.15, 0.2) is 84.0 Å². The standard InChI is InChI=1S/C28H31NO4/c1-21(33-29-18-24-25(31-2)15-10-16-26(24)32-3)17-27(30)19-28(20-27,22-11-6-4-7-12-22)23-13-8-5-9-14-23/h4-16,18,21,30H,17,19-20H2,1-3H3/b29-18+/t21-/m1/s1. The number of ether oxygens (including phenoxy) is 2. The van der Waals surface area contributed by atoms with E-state index in [1.165, 1.54) is 11.1 Å². The van der Waals surface area contributed by atoms with Crippen LogP contribution in [0.3, 0.4) is 0 Å². The van der Waals surface area contributed by atoms with Crippen molar-refractivity contribution in [3.63, 3.8) is 0 Å². The van der Waals surface area contributed by atoms with Crippen LogP contribution in [0.2, 0.25) is 0 Å². The molecule has 0 aromatic heterocycles. The fraction of sp³-hybridized carbons (Fsp3) is 0.321. The molecule has 1 saturated carbocycles. The quantitative estimate of drug-likeness (QED) is 0.357. The number of hydrogen-bond donors (Lipinski definition) is 1. The van der Waals surface area contributed by atoms with Crippen LogP contribution in [-0.2, 0) is 10.3 Å². The summed E-state index contributed by atoms with van der Waals surface area (Å²) in [4.78, 5) is 5.69. The summed E-state index contributed by atoms with van der Waals surface area (Å²) in [5, 5.41) is 15.5. The number of oxime groups is 1. The summed E-state index contributed by atoms with van der Waals surface area (Å²) in [6.07, 6.45) is 3.13. The van der Waals surface area contributed by atoms with Gasteiger partial charge in [0.05, 0.1) is 31.6 Å². The summed E-state index contributed by atoms with van der Waals surface area (Å²) in [5.74, 6) is 1.31. The highest BCUT2D eigenvalue weighted by molar-refractivity contribution is 5.87. The molecule has 1 atom stereocenters. The van der Waals surface area contributed by atoms with E-state index in [4.69, 9.17) is 14.3 Å². The van der Waals surface area contributed by atoms with Crippen LogP contribution in [0.25, 0.3) is 0 Å². The molecule has 1 N–H and O–H groups in total. The molecule has 172 valence electrons. The minimum Gasteiger partial charge on any atom is -0.496 e. The summed E-state index contributed by atoms with van der Waals surface area (Å²) in [6, 6.07) is 26.4. The molecule has 5 heteroatoms. The Balaban J connectivity index is 1.45. The molecule has 33 heavy (non-hydrogen) atoms. The largest absolute Gasteiger partial charge is 0.496 e. The lowest BCUT2D eigenvalue weighted by Crippen LogP contribution is -2.56. The van der Waals surface area contributed by atoms with Gasteiger partial charge >= 0.3 is 0 Å². The molecular weight excluding hydrogens is 414 g/mol. The van der Waals surface area contributed by atoms with Crippen LogP contribution in [-0.4, -0.2) is 37.2 Å². The van der Waals surface area contributed by atoms with Gasteiger partial charge in [-0.3, -0.25) is 0 Å². The minimum atomic E-state index is -0.817. The van der Waals surface area contributed by atoms with Gasteiger partial charge in [0.15, 0.2) is 0 Å². The Labute approximate surface area is 195 Å². The maximum Gasteiger partial charge on any atom is 0.131 e. The van der Waals surface area contributed by atoms with Gasteiger partial charge in [0.25, 0.3) is 0 Å². The number of hydrogen-bond acceptors (Lipinski definition) is 5. The minimum absolute atomic E-state index is 0.189. The van der Waals surface area contributed by atoms with Crippen LogP contribution in [0.1, 0.15) is 42.9 Å². The second-order valence-corrected chi connectivity index (χ2v) is 8.82. The molecule has 0 amide bonds. The van der Waals surface area contributed by atoms with Gasteiger partial charge in [-0.25, -0.2) is 0 Å². The molecule has 0 spiro atoms. The van der Waals surface area contributed by atoms with Crippen molar-refractivity contribution in [2.24, 2.45) is 5.16 Å². The van der Waals surface area contributed by atoms with Crippen LogP contribution in [0.4, 0.5) is 0 Å². The van der Waals surface area contributed by atoms with Gasteiger partial charge in [-0.15, -0.1) is 0 Å². The molecule has 1 fully saturated rings. The van der Waals surface area contributed by atoms with Crippen molar-refractivity contribution in [2.75, 3.05) is 14.2 Å². The zero-order valence-corrected chi connectivity index (χ0v) is 19.4. The van der Waals surface area contributed by atoms with E-state index in [2.05, 4.69) is 53.7 Å². The average Bonchev–Trinajstić information content (AvgIpc) is 2.83. The summed E-state index contributed by atoms with van der Waals surface area (Å²) in [6.45, 7) is 1.93. The van der Waals surface area contributed by atoms with Gasteiger partial charge in [0.2, 0.25) is 0 Å². The summed E-state index contributed by atoms with van der Waals surface area (Å²) < 4.78 is 10.8. The molecule has 3 aromatic rings. The smallest absolute Gasteiger partial charge is 0.131 e. The lowest BCUT2D eigenvalue weighted by Gasteiger charge is -2.54. The molecule has 0 saturated heterocycles. The Kier molecular flexibility index (Phi) is 6.70. The highest BCUT2D eigenvalue weighted by Gasteiger charge is 2.55. The first-order valence-corrected chi connectivity index (χ1v) is 11.2. The Morgan fingerprint density at radius 2 is 1.36 bits per heavy atom. The number of rotatable bonds is 9. The Bertz CT molecular complexity index is 1010. The molecule has 0 bridgehead atoms. The van der Waals surface area contributed by atoms with Crippen LogP contribution >= 0.6 is 0 Å². The first kappa shape index (κ1) is 22.9. The molecular formula is C28H31NO4. The maximum atomic E-state index is 11.3. The predicted octanol–water partition coefficient (Wildman–Crippen LogP) is 5.34. The van der Waals surface area contributed by atoms with Gasteiger partial charge in [0.1, 0.15) is 17.6 Å². The first-order chi connectivity index (χ1) is 16.0. The van der Waals surface area contributed by atoms with Crippen molar-refractivity contribution in [2.45, 2.75) is 43.3 Å². The third-order valence-electron chi connectivity index (χ3n) is 6.47. The molecule has 0 unspecified atom stereocenters. The van der Waals surface area contributed by atoms with E-state index < -0.39 is 5.60 Å². The third kappa shape index (κ3) is 4.74. The normalized spacial score (nSPS) is 17.2.